The van der Waals surface area contributed by atoms with Crippen LogP contribution in [-0.2, 0) is 20.8 Å². The second-order valence-electron chi connectivity index (χ2n) is 6.29. The van der Waals surface area contributed by atoms with Gasteiger partial charge in [-0.05, 0) is 6.07 Å². The smallest absolute Gasteiger partial charge is 0.246 e. The minimum Gasteiger partial charge on any atom is -0.496 e. The fourth-order valence-electron chi connectivity index (χ4n) is 3.02. The summed E-state index contributed by atoms with van der Waals surface area (Å²) in [5.41, 5.74) is 0.805. The van der Waals surface area contributed by atoms with E-state index in [1.165, 1.54) is 16.7 Å². The second-order valence-corrected chi connectivity index (χ2v) is 6.29. The Bertz CT molecular complexity index is 659. The van der Waals surface area contributed by atoms with E-state index in [-0.39, 0.29) is 30.7 Å². The number of rotatable bonds is 4. The van der Waals surface area contributed by atoms with Gasteiger partial charge in [0.05, 0.1) is 20.1 Å². The Kier molecular flexibility index (Phi) is 6.01. The third kappa shape index (κ3) is 4.29. The number of carbonyl (C=O) groups is 3. The molecule has 0 spiro atoms. The van der Waals surface area contributed by atoms with Gasteiger partial charge in [0, 0.05) is 39.7 Å². The molecule has 1 aliphatic rings. The molecule has 0 saturated carbocycles. The summed E-state index contributed by atoms with van der Waals surface area (Å²) in [5, 5.41) is 0. The molecule has 7 heteroatoms. The number of piperazine rings is 1. The van der Waals surface area contributed by atoms with Crippen molar-refractivity contribution in [3.63, 3.8) is 0 Å². The molecule has 1 atom stereocenters. The number of ether oxygens (including phenoxy) is 1. The molecule has 1 heterocycles. The van der Waals surface area contributed by atoms with Crippen LogP contribution in [0.4, 0.5) is 0 Å². The number of amides is 3. The average Bonchev–Trinajstić information content (AvgIpc) is 2.60. The molecule has 136 valence electrons. The van der Waals surface area contributed by atoms with Crippen molar-refractivity contribution in [2.75, 3.05) is 40.8 Å². The van der Waals surface area contributed by atoms with Gasteiger partial charge >= 0.3 is 0 Å². The van der Waals surface area contributed by atoms with Crippen LogP contribution in [0.5, 0.6) is 5.75 Å². The number of carbonyl (C=O) groups excluding carboxylic acids is 3. The molecule has 0 aliphatic carbocycles. The molecule has 1 aromatic carbocycles. The van der Waals surface area contributed by atoms with Gasteiger partial charge in [-0.1, -0.05) is 18.2 Å². The van der Waals surface area contributed by atoms with Gasteiger partial charge in [-0.25, -0.2) is 0 Å². The van der Waals surface area contributed by atoms with E-state index in [9.17, 15) is 14.4 Å². The van der Waals surface area contributed by atoms with Crippen LogP contribution in [0.2, 0.25) is 0 Å². The van der Waals surface area contributed by atoms with Crippen molar-refractivity contribution in [3.05, 3.63) is 29.8 Å². The van der Waals surface area contributed by atoms with Gasteiger partial charge in [0.1, 0.15) is 11.8 Å². The lowest BCUT2D eigenvalue weighted by Gasteiger charge is -2.41. The quantitative estimate of drug-likeness (QED) is 0.790. The molecule has 0 unspecified atom stereocenters. The van der Waals surface area contributed by atoms with Crippen molar-refractivity contribution in [3.8, 4) is 5.75 Å². The molecule has 1 aliphatic heterocycles. The minimum absolute atomic E-state index is 0.0794. The van der Waals surface area contributed by atoms with Gasteiger partial charge in [0.25, 0.3) is 0 Å². The number of hydrogen-bond acceptors (Lipinski definition) is 4. The predicted octanol–water partition coefficient (Wildman–Crippen LogP) is 0.385. The maximum absolute atomic E-state index is 12.7. The van der Waals surface area contributed by atoms with E-state index in [1.54, 1.807) is 26.1 Å². The van der Waals surface area contributed by atoms with E-state index in [4.69, 9.17) is 4.74 Å². The normalized spacial score (nSPS) is 17.2. The molecular formula is C18H25N3O4. The number of methoxy groups -OCH3 is 1. The Morgan fingerprint density at radius 1 is 1.20 bits per heavy atom. The molecule has 1 aromatic rings. The zero-order chi connectivity index (χ0) is 18.6. The molecule has 0 N–H and O–H groups in total. The maximum Gasteiger partial charge on any atom is 0.246 e. The van der Waals surface area contributed by atoms with Gasteiger partial charge in [-0.3, -0.25) is 14.4 Å². The Morgan fingerprint density at radius 2 is 1.88 bits per heavy atom. The summed E-state index contributed by atoms with van der Waals surface area (Å²) in [6, 6.07) is 6.74. The van der Waals surface area contributed by atoms with Crippen LogP contribution >= 0.6 is 0 Å². The molecule has 1 fully saturated rings. The van der Waals surface area contributed by atoms with Crippen molar-refractivity contribution >= 4 is 17.7 Å². The molecular weight excluding hydrogens is 322 g/mol. The van der Waals surface area contributed by atoms with E-state index in [2.05, 4.69) is 0 Å². The van der Waals surface area contributed by atoms with Crippen LogP contribution in [0.15, 0.2) is 24.3 Å². The van der Waals surface area contributed by atoms with Crippen LogP contribution in [0.1, 0.15) is 12.5 Å². The van der Waals surface area contributed by atoms with Gasteiger partial charge < -0.3 is 19.4 Å². The molecule has 0 aromatic heterocycles. The summed E-state index contributed by atoms with van der Waals surface area (Å²) in [6.07, 6.45) is 0.201. The highest BCUT2D eigenvalue weighted by molar-refractivity contribution is 5.88. The zero-order valence-electron chi connectivity index (χ0n) is 15.2. The standard InChI is InChI=1S/C18H25N3O4/c1-13(22)21-10-9-20(12-15(21)18(24)19(2)3)17(23)11-14-7-5-6-8-16(14)25-4/h5-8,15H,9-12H2,1-4H3/t15-/m1/s1. The Morgan fingerprint density at radius 3 is 2.48 bits per heavy atom. The van der Waals surface area contributed by atoms with Gasteiger partial charge in [0.15, 0.2) is 0 Å². The fraction of sp³-hybridized carbons (Fsp3) is 0.500. The van der Waals surface area contributed by atoms with E-state index in [0.29, 0.717) is 18.8 Å². The van der Waals surface area contributed by atoms with Crippen LogP contribution in [0.3, 0.4) is 0 Å². The number of nitrogens with zero attached hydrogens (tertiary/aromatic N) is 3. The van der Waals surface area contributed by atoms with E-state index < -0.39 is 6.04 Å². The molecule has 25 heavy (non-hydrogen) atoms. The van der Waals surface area contributed by atoms with E-state index in [1.807, 2.05) is 24.3 Å². The molecule has 3 amide bonds. The van der Waals surface area contributed by atoms with Crippen molar-refractivity contribution in [2.24, 2.45) is 0 Å². The Labute approximate surface area is 148 Å². The Hall–Kier alpha value is -2.57. The van der Waals surface area contributed by atoms with Crippen LogP contribution < -0.4 is 4.74 Å². The van der Waals surface area contributed by atoms with Gasteiger partial charge in [-0.15, -0.1) is 0 Å². The number of hydrogen-bond donors (Lipinski definition) is 0. The Balaban J connectivity index is 2.13. The van der Waals surface area contributed by atoms with Crippen LogP contribution in [-0.4, -0.2) is 79.3 Å². The van der Waals surface area contributed by atoms with Crippen molar-refractivity contribution in [1.29, 1.82) is 0 Å². The lowest BCUT2D eigenvalue weighted by Crippen LogP contribution is -2.61. The summed E-state index contributed by atoms with van der Waals surface area (Å²) in [5.74, 6) is 0.255. The first-order chi connectivity index (χ1) is 11.8. The lowest BCUT2D eigenvalue weighted by molar-refractivity contribution is -0.150. The zero-order valence-corrected chi connectivity index (χ0v) is 15.2. The first kappa shape index (κ1) is 18.8. The topological polar surface area (TPSA) is 70.2 Å². The largest absolute Gasteiger partial charge is 0.496 e. The van der Waals surface area contributed by atoms with Crippen molar-refractivity contribution < 1.29 is 19.1 Å². The summed E-state index contributed by atoms with van der Waals surface area (Å²) in [4.78, 5) is 41.6. The highest BCUT2D eigenvalue weighted by Crippen LogP contribution is 2.20. The number of likely N-dealkylation sites (N-methyl/N-ethyl adjacent to an activating group) is 1. The van der Waals surface area contributed by atoms with Crippen LogP contribution in [0.25, 0.3) is 0 Å². The highest BCUT2D eigenvalue weighted by atomic mass is 16.5. The van der Waals surface area contributed by atoms with Crippen molar-refractivity contribution in [1.82, 2.24) is 14.7 Å². The third-order valence-electron chi connectivity index (χ3n) is 4.40. The summed E-state index contributed by atoms with van der Waals surface area (Å²) in [7, 11) is 4.87. The lowest BCUT2D eigenvalue weighted by atomic mass is 10.1. The van der Waals surface area contributed by atoms with Crippen molar-refractivity contribution in [2.45, 2.75) is 19.4 Å². The summed E-state index contributed by atoms with van der Waals surface area (Å²) in [6.45, 7) is 2.44. The fourth-order valence-corrected chi connectivity index (χ4v) is 3.02. The van der Waals surface area contributed by atoms with E-state index >= 15 is 0 Å². The summed E-state index contributed by atoms with van der Waals surface area (Å²) < 4.78 is 5.29. The number of benzene rings is 1. The predicted molar refractivity (Wildman–Crippen MR) is 93.1 cm³/mol. The van der Waals surface area contributed by atoms with Gasteiger partial charge in [-0.2, -0.15) is 0 Å². The monoisotopic (exact) mass is 347 g/mol. The second kappa shape index (κ2) is 8.00. The molecule has 1 saturated heterocycles. The SMILES string of the molecule is COc1ccccc1CC(=O)N1CCN(C(C)=O)[C@@H](C(=O)N(C)C)C1. The first-order valence-electron chi connectivity index (χ1n) is 8.23. The molecule has 0 bridgehead atoms. The molecule has 7 nitrogen and oxygen atoms in total. The molecule has 0 radical (unpaired) electrons. The average molecular weight is 347 g/mol. The highest BCUT2D eigenvalue weighted by Gasteiger charge is 2.36. The third-order valence-corrected chi connectivity index (χ3v) is 4.40. The first-order valence-corrected chi connectivity index (χ1v) is 8.23. The minimum atomic E-state index is -0.636. The number of para-hydroxylation sites is 1. The molecule has 2 rings (SSSR count). The van der Waals surface area contributed by atoms with Crippen LogP contribution in [0, 0.1) is 0 Å². The van der Waals surface area contributed by atoms with E-state index in [0.717, 1.165) is 5.56 Å². The summed E-state index contributed by atoms with van der Waals surface area (Å²) >= 11 is 0. The van der Waals surface area contributed by atoms with Gasteiger partial charge in [0.2, 0.25) is 17.7 Å². The maximum atomic E-state index is 12.7.